The summed E-state index contributed by atoms with van der Waals surface area (Å²) in [6.07, 6.45) is 12.0. The van der Waals surface area contributed by atoms with Gasteiger partial charge in [0.05, 0.1) is 38.6 Å². The van der Waals surface area contributed by atoms with Crippen LogP contribution in [-0.2, 0) is 23.7 Å². The Labute approximate surface area is 233 Å². The van der Waals surface area contributed by atoms with Crippen molar-refractivity contribution in [2.75, 3.05) is 46.2 Å². The average molecular weight is 536 g/mol. The molecule has 0 aromatic heterocycles. The molecule has 0 bridgehead atoms. The van der Waals surface area contributed by atoms with Gasteiger partial charge in [-0.15, -0.1) is 0 Å². The minimum atomic E-state index is -0.270. The molecule has 6 nitrogen and oxygen atoms in total. The van der Waals surface area contributed by atoms with Crippen molar-refractivity contribution in [3.8, 4) is 0 Å². The van der Waals surface area contributed by atoms with Gasteiger partial charge < -0.3 is 24.3 Å². The van der Waals surface area contributed by atoms with Crippen LogP contribution in [-0.4, -0.2) is 58.3 Å². The number of ether oxygens (including phenoxy) is 4. The predicted octanol–water partition coefficient (Wildman–Crippen LogP) is 6.16. The topological polar surface area (TPSA) is 66.0 Å². The fourth-order valence-electron chi connectivity index (χ4n) is 5.84. The van der Waals surface area contributed by atoms with Crippen molar-refractivity contribution < 1.29 is 23.7 Å². The quantitative estimate of drug-likeness (QED) is 0.218. The summed E-state index contributed by atoms with van der Waals surface area (Å²) in [6.45, 7) is 7.71. The minimum Gasteiger partial charge on any atom is -0.460 e. The summed E-state index contributed by atoms with van der Waals surface area (Å²) in [5.74, 6) is 0.837. The van der Waals surface area contributed by atoms with Gasteiger partial charge >= 0.3 is 5.97 Å². The van der Waals surface area contributed by atoms with Crippen molar-refractivity contribution >= 4 is 16.7 Å². The van der Waals surface area contributed by atoms with Gasteiger partial charge in [-0.25, -0.2) is 4.79 Å². The minimum absolute atomic E-state index is 0.247. The molecule has 0 aliphatic heterocycles. The Morgan fingerprint density at radius 3 is 2.46 bits per heavy atom. The summed E-state index contributed by atoms with van der Waals surface area (Å²) < 4.78 is 21.5. The molecule has 1 fully saturated rings. The van der Waals surface area contributed by atoms with E-state index in [-0.39, 0.29) is 12.6 Å². The van der Waals surface area contributed by atoms with E-state index in [0.717, 1.165) is 6.42 Å². The maximum absolute atomic E-state index is 12.5. The normalized spacial score (nSPS) is 22.0. The molecule has 2 aliphatic carbocycles. The fraction of sp³-hybridized carbons (Fsp3) is 0.545. The van der Waals surface area contributed by atoms with Gasteiger partial charge in [0.2, 0.25) is 0 Å². The van der Waals surface area contributed by atoms with Crippen molar-refractivity contribution in [3.05, 3.63) is 71.8 Å². The van der Waals surface area contributed by atoms with Crippen molar-refractivity contribution in [2.24, 2.45) is 11.8 Å². The van der Waals surface area contributed by atoms with Gasteiger partial charge in [0.1, 0.15) is 6.61 Å². The average Bonchev–Trinajstić information content (AvgIpc) is 2.98. The van der Waals surface area contributed by atoms with Crippen LogP contribution in [0.25, 0.3) is 10.8 Å². The fourth-order valence-corrected chi connectivity index (χ4v) is 5.84. The smallest absolute Gasteiger partial charge is 0.337 e. The number of hydrogen-bond acceptors (Lipinski definition) is 6. The zero-order valence-corrected chi connectivity index (χ0v) is 23.6. The van der Waals surface area contributed by atoms with Crippen LogP contribution in [0, 0.1) is 11.8 Å². The second-order valence-electron chi connectivity index (χ2n) is 10.6. The summed E-state index contributed by atoms with van der Waals surface area (Å²) in [6, 6.07) is 16.1. The molecule has 1 N–H and O–H groups in total. The van der Waals surface area contributed by atoms with Gasteiger partial charge in [0, 0.05) is 18.7 Å². The molecular weight excluding hydrogens is 490 g/mol. The molecule has 4 rings (SSSR count). The van der Waals surface area contributed by atoms with E-state index >= 15 is 0 Å². The Morgan fingerprint density at radius 2 is 1.69 bits per heavy atom. The molecule has 39 heavy (non-hydrogen) atoms. The summed E-state index contributed by atoms with van der Waals surface area (Å²) in [4.78, 5) is 12.5. The number of benzene rings is 2. The Kier molecular flexibility index (Phi) is 12.0. The Morgan fingerprint density at radius 1 is 0.949 bits per heavy atom. The van der Waals surface area contributed by atoms with Crippen LogP contribution in [0.2, 0.25) is 0 Å². The summed E-state index contributed by atoms with van der Waals surface area (Å²) in [7, 11) is 0. The van der Waals surface area contributed by atoms with Crippen molar-refractivity contribution in [3.63, 3.8) is 0 Å². The molecule has 1 saturated carbocycles. The van der Waals surface area contributed by atoms with Crippen molar-refractivity contribution in [1.82, 2.24) is 5.32 Å². The van der Waals surface area contributed by atoms with E-state index in [9.17, 15) is 4.79 Å². The second-order valence-corrected chi connectivity index (χ2v) is 10.6. The number of carbonyl (C=O) groups excluding carboxylic acids is 1. The van der Waals surface area contributed by atoms with E-state index in [1.54, 1.807) is 0 Å². The third kappa shape index (κ3) is 9.00. The van der Waals surface area contributed by atoms with Crippen LogP contribution in [0.4, 0.5) is 0 Å². The highest BCUT2D eigenvalue weighted by atomic mass is 16.6. The van der Waals surface area contributed by atoms with Gasteiger partial charge in [0.25, 0.3) is 0 Å². The van der Waals surface area contributed by atoms with Crippen LogP contribution in [0.3, 0.4) is 0 Å². The highest BCUT2D eigenvalue weighted by molar-refractivity contribution is 5.91. The first-order valence-corrected chi connectivity index (χ1v) is 14.7. The Bertz CT molecular complexity index is 1090. The van der Waals surface area contributed by atoms with Gasteiger partial charge in [-0.2, -0.15) is 0 Å². The van der Waals surface area contributed by atoms with E-state index in [1.807, 2.05) is 13.0 Å². The number of carbonyl (C=O) groups is 1. The number of rotatable bonds is 15. The van der Waals surface area contributed by atoms with E-state index in [0.29, 0.717) is 69.1 Å². The molecule has 2 aromatic carbocycles. The Hall–Kier alpha value is -2.51. The third-order valence-electron chi connectivity index (χ3n) is 7.87. The first kappa shape index (κ1) is 29.5. The molecule has 2 aromatic rings. The molecule has 0 amide bonds. The lowest BCUT2D eigenvalue weighted by molar-refractivity contribution is -0.140. The molecule has 2 aliphatic rings. The molecule has 0 radical (unpaired) electrons. The number of hydrogen-bond donors (Lipinski definition) is 1. The number of esters is 1. The third-order valence-corrected chi connectivity index (χ3v) is 7.87. The largest absolute Gasteiger partial charge is 0.460 e. The lowest BCUT2D eigenvalue weighted by Crippen LogP contribution is -2.37. The zero-order chi connectivity index (χ0) is 27.3. The van der Waals surface area contributed by atoms with Crippen LogP contribution >= 0.6 is 0 Å². The first-order valence-electron chi connectivity index (χ1n) is 14.7. The number of nitrogens with one attached hydrogen (secondary N) is 1. The Balaban J connectivity index is 1.16. The van der Waals surface area contributed by atoms with Crippen molar-refractivity contribution in [1.29, 1.82) is 0 Å². The van der Waals surface area contributed by atoms with Crippen LogP contribution in [0.5, 0.6) is 0 Å². The number of fused-ring (bicyclic) bond motifs is 1. The summed E-state index contributed by atoms with van der Waals surface area (Å²) in [5.41, 5.74) is 2.02. The lowest BCUT2D eigenvalue weighted by atomic mass is 9.75. The molecule has 4 atom stereocenters. The van der Waals surface area contributed by atoms with Crippen LogP contribution in [0.15, 0.2) is 66.3 Å². The van der Waals surface area contributed by atoms with Gasteiger partial charge in [0.15, 0.2) is 0 Å². The molecule has 3 unspecified atom stereocenters. The monoisotopic (exact) mass is 535 g/mol. The van der Waals surface area contributed by atoms with Crippen molar-refractivity contribution in [2.45, 2.75) is 58.0 Å². The van der Waals surface area contributed by atoms with E-state index in [4.69, 9.17) is 18.9 Å². The first-order chi connectivity index (χ1) is 19.2. The highest BCUT2D eigenvalue weighted by Crippen LogP contribution is 2.36. The van der Waals surface area contributed by atoms with Crippen LogP contribution in [0.1, 0.15) is 57.6 Å². The second kappa shape index (κ2) is 15.9. The summed E-state index contributed by atoms with van der Waals surface area (Å²) >= 11 is 0. The maximum atomic E-state index is 12.5. The molecule has 0 saturated heterocycles. The molecule has 212 valence electrons. The SMILES string of the molecule is CCOCCOCCOCCOC(=O)C1=CCC([C@H]2CCCC(NC(C)c3cccc4ccccc34)C2)C=C1. The zero-order valence-electron chi connectivity index (χ0n) is 23.6. The van der Waals surface area contributed by atoms with Gasteiger partial charge in [-0.05, 0) is 67.7 Å². The number of allylic oxidation sites excluding steroid dienone is 2. The molecule has 6 heteroatoms. The lowest BCUT2D eigenvalue weighted by Gasteiger charge is -2.36. The standard InChI is InChI=1S/C33H45NO5/c1-3-36-18-19-37-20-21-38-22-23-39-33(35)28-16-14-26(15-17-28)29-10-6-11-30(24-29)34-25(2)31-13-7-9-27-8-4-5-12-32(27)31/h4-5,7-9,12-14,16-17,25-26,29-30,34H,3,6,10-11,15,18-24H2,1-2H3/t25?,26?,29-,30?/m0/s1. The predicted molar refractivity (Wildman–Crippen MR) is 156 cm³/mol. The molecular formula is C33H45NO5. The van der Waals surface area contributed by atoms with Gasteiger partial charge in [-0.3, -0.25) is 0 Å². The van der Waals surface area contributed by atoms with Gasteiger partial charge in [-0.1, -0.05) is 67.1 Å². The summed E-state index contributed by atoms with van der Waals surface area (Å²) in [5, 5.41) is 6.57. The van der Waals surface area contributed by atoms with Crippen LogP contribution < -0.4 is 5.32 Å². The molecule has 0 spiro atoms. The van der Waals surface area contributed by atoms with E-state index in [2.05, 4.69) is 66.9 Å². The van der Waals surface area contributed by atoms with E-state index in [1.165, 1.54) is 42.0 Å². The highest BCUT2D eigenvalue weighted by Gasteiger charge is 2.29. The maximum Gasteiger partial charge on any atom is 0.337 e. The molecule has 0 heterocycles. The van der Waals surface area contributed by atoms with E-state index < -0.39 is 0 Å².